The standard InChI is InChI=1S/C10H19N3/c1-7(2)5-9-10(11)13(6-12-9)8(3)4/h6-8H,5,11H2,1-4H3. The van der Waals surface area contributed by atoms with Gasteiger partial charge in [-0.3, -0.25) is 0 Å². The van der Waals surface area contributed by atoms with Crippen molar-refractivity contribution in [1.29, 1.82) is 0 Å². The third-order valence-corrected chi connectivity index (χ3v) is 2.07. The Kier molecular flexibility index (Phi) is 2.96. The van der Waals surface area contributed by atoms with Crippen LogP contribution in [-0.4, -0.2) is 9.55 Å². The Morgan fingerprint density at radius 1 is 1.38 bits per heavy atom. The molecule has 0 bridgehead atoms. The molecular weight excluding hydrogens is 162 g/mol. The fourth-order valence-electron chi connectivity index (χ4n) is 1.36. The first-order valence-electron chi connectivity index (χ1n) is 4.83. The van der Waals surface area contributed by atoms with Gasteiger partial charge in [-0.1, -0.05) is 13.8 Å². The Morgan fingerprint density at radius 2 is 2.00 bits per heavy atom. The lowest BCUT2D eigenvalue weighted by atomic mass is 10.1. The highest BCUT2D eigenvalue weighted by Crippen LogP contribution is 2.18. The number of imidazole rings is 1. The zero-order chi connectivity index (χ0) is 10.0. The van der Waals surface area contributed by atoms with E-state index in [4.69, 9.17) is 5.73 Å². The molecule has 0 radical (unpaired) electrons. The molecule has 0 aliphatic carbocycles. The van der Waals surface area contributed by atoms with Gasteiger partial charge in [-0.05, 0) is 26.2 Å². The van der Waals surface area contributed by atoms with Crippen LogP contribution in [-0.2, 0) is 6.42 Å². The Labute approximate surface area is 80.0 Å². The summed E-state index contributed by atoms with van der Waals surface area (Å²) in [5.74, 6) is 1.43. The molecule has 0 unspecified atom stereocenters. The summed E-state index contributed by atoms with van der Waals surface area (Å²) in [6.45, 7) is 8.57. The number of nitrogens with two attached hydrogens (primary N) is 1. The van der Waals surface area contributed by atoms with E-state index in [0.717, 1.165) is 17.9 Å². The van der Waals surface area contributed by atoms with E-state index in [9.17, 15) is 0 Å². The fraction of sp³-hybridized carbons (Fsp3) is 0.700. The molecule has 3 nitrogen and oxygen atoms in total. The molecule has 74 valence electrons. The maximum absolute atomic E-state index is 5.95. The number of rotatable bonds is 3. The summed E-state index contributed by atoms with van der Waals surface area (Å²) in [7, 11) is 0. The molecule has 1 aromatic rings. The van der Waals surface area contributed by atoms with Gasteiger partial charge in [0.2, 0.25) is 0 Å². The van der Waals surface area contributed by atoms with Crippen LogP contribution in [0, 0.1) is 5.92 Å². The fourth-order valence-corrected chi connectivity index (χ4v) is 1.36. The summed E-state index contributed by atoms with van der Waals surface area (Å²) in [6, 6.07) is 0.397. The van der Waals surface area contributed by atoms with Crippen LogP contribution in [0.3, 0.4) is 0 Å². The maximum Gasteiger partial charge on any atom is 0.126 e. The summed E-state index contributed by atoms with van der Waals surface area (Å²) in [6.07, 6.45) is 2.79. The van der Waals surface area contributed by atoms with Gasteiger partial charge in [0.1, 0.15) is 5.82 Å². The molecule has 1 rings (SSSR count). The lowest BCUT2D eigenvalue weighted by Gasteiger charge is -2.09. The molecular formula is C10H19N3. The quantitative estimate of drug-likeness (QED) is 0.777. The van der Waals surface area contributed by atoms with Gasteiger partial charge >= 0.3 is 0 Å². The molecule has 0 aromatic carbocycles. The summed E-state index contributed by atoms with van der Waals surface area (Å²) in [4.78, 5) is 4.32. The number of hydrogen-bond acceptors (Lipinski definition) is 2. The van der Waals surface area contributed by atoms with Crippen LogP contribution in [0.2, 0.25) is 0 Å². The highest BCUT2D eigenvalue weighted by molar-refractivity contribution is 5.36. The van der Waals surface area contributed by atoms with E-state index in [1.807, 2.05) is 10.9 Å². The van der Waals surface area contributed by atoms with E-state index < -0.39 is 0 Å². The lowest BCUT2D eigenvalue weighted by molar-refractivity contribution is 0.605. The minimum Gasteiger partial charge on any atom is -0.384 e. The van der Waals surface area contributed by atoms with Gasteiger partial charge in [0.25, 0.3) is 0 Å². The highest BCUT2D eigenvalue weighted by Gasteiger charge is 2.10. The van der Waals surface area contributed by atoms with E-state index in [-0.39, 0.29) is 0 Å². The minimum absolute atomic E-state index is 0.397. The van der Waals surface area contributed by atoms with Gasteiger partial charge < -0.3 is 10.3 Å². The number of hydrogen-bond donors (Lipinski definition) is 1. The van der Waals surface area contributed by atoms with Crippen molar-refractivity contribution < 1.29 is 0 Å². The average molecular weight is 181 g/mol. The maximum atomic E-state index is 5.95. The van der Waals surface area contributed by atoms with Gasteiger partial charge in [-0.2, -0.15) is 0 Å². The van der Waals surface area contributed by atoms with Crippen molar-refractivity contribution in [3.8, 4) is 0 Å². The molecule has 0 saturated heterocycles. The van der Waals surface area contributed by atoms with Crippen molar-refractivity contribution in [3.63, 3.8) is 0 Å². The Balaban J connectivity index is 2.86. The minimum atomic E-state index is 0.397. The first kappa shape index (κ1) is 10.1. The second kappa shape index (κ2) is 3.81. The van der Waals surface area contributed by atoms with Crippen molar-refractivity contribution in [2.75, 3.05) is 5.73 Å². The molecule has 3 heteroatoms. The monoisotopic (exact) mass is 181 g/mol. The summed E-state index contributed by atoms with van der Waals surface area (Å²) >= 11 is 0. The molecule has 0 atom stereocenters. The molecule has 0 aliphatic rings. The van der Waals surface area contributed by atoms with Crippen LogP contribution in [0.5, 0.6) is 0 Å². The van der Waals surface area contributed by atoms with Crippen molar-refractivity contribution >= 4 is 5.82 Å². The van der Waals surface area contributed by atoms with E-state index in [1.165, 1.54) is 0 Å². The third-order valence-electron chi connectivity index (χ3n) is 2.07. The molecule has 0 amide bonds. The second-order valence-electron chi connectivity index (χ2n) is 4.18. The van der Waals surface area contributed by atoms with Gasteiger partial charge in [0.05, 0.1) is 12.0 Å². The molecule has 13 heavy (non-hydrogen) atoms. The van der Waals surface area contributed by atoms with Gasteiger partial charge in [0, 0.05) is 6.04 Å². The third kappa shape index (κ3) is 2.23. The first-order valence-corrected chi connectivity index (χ1v) is 4.83. The normalized spacial score (nSPS) is 11.5. The predicted octanol–water partition coefficient (Wildman–Crippen LogP) is 2.24. The van der Waals surface area contributed by atoms with Gasteiger partial charge in [-0.15, -0.1) is 0 Å². The average Bonchev–Trinajstić information content (AvgIpc) is 2.32. The van der Waals surface area contributed by atoms with Gasteiger partial charge in [-0.25, -0.2) is 4.98 Å². The second-order valence-corrected chi connectivity index (χ2v) is 4.18. The van der Waals surface area contributed by atoms with E-state index in [0.29, 0.717) is 12.0 Å². The topological polar surface area (TPSA) is 43.8 Å². The number of nitrogens with zero attached hydrogens (tertiary/aromatic N) is 2. The molecule has 1 heterocycles. The Morgan fingerprint density at radius 3 is 2.38 bits per heavy atom. The Bertz CT molecular complexity index is 274. The van der Waals surface area contributed by atoms with Crippen LogP contribution in [0.4, 0.5) is 5.82 Å². The Hall–Kier alpha value is -0.990. The highest BCUT2D eigenvalue weighted by atomic mass is 15.1. The lowest BCUT2D eigenvalue weighted by Crippen LogP contribution is -2.06. The number of nitrogen functional groups attached to an aromatic ring is 1. The first-order chi connectivity index (χ1) is 6.02. The van der Waals surface area contributed by atoms with Crippen molar-refractivity contribution in [1.82, 2.24) is 9.55 Å². The summed E-state index contributed by atoms with van der Waals surface area (Å²) in [5.41, 5.74) is 6.98. The van der Waals surface area contributed by atoms with Gasteiger partial charge in [0.15, 0.2) is 0 Å². The van der Waals surface area contributed by atoms with Crippen LogP contribution in [0.15, 0.2) is 6.33 Å². The largest absolute Gasteiger partial charge is 0.384 e. The van der Waals surface area contributed by atoms with Crippen molar-refractivity contribution in [3.05, 3.63) is 12.0 Å². The van der Waals surface area contributed by atoms with Crippen LogP contribution < -0.4 is 5.73 Å². The molecule has 0 saturated carbocycles. The number of aromatic nitrogens is 2. The molecule has 0 fully saturated rings. The van der Waals surface area contributed by atoms with Crippen LogP contribution in [0.25, 0.3) is 0 Å². The molecule has 1 aromatic heterocycles. The SMILES string of the molecule is CC(C)Cc1ncn(C(C)C)c1N. The smallest absolute Gasteiger partial charge is 0.126 e. The molecule has 2 N–H and O–H groups in total. The van der Waals surface area contributed by atoms with Crippen LogP contribution in [0.1, 0.15) is 39.4 Å². The van der Waals surface area contributed by atoms with Crippen molar-refractivity contribution in [2.24, 2.45) is 5.92 Å². The number of anilines is 1. The zero-order valence-electron chi connectivity index (χ0n) is 8.91. The van der Waals surface area contributed by atoms with E-state index >= 15 is 0 Å². The van der Waals surface area contributed by atoms with Crippen molar-refractivity contribution in [2.45, 2.75) is 40.2 Å². The summed E-state index contributed by atoms with van der Waals surface area (Å²) in [5, 5.41) is 0. The zero-order valence-corrected chi connectivity index (χ0v) is 8.91. The molecule has 0 spiro atoms. The predicted molar refractivity (Wildman–Crippen MR) is 55.6 cm³/mol. The van der Waals surface area contributed by atoms with E-state index in [2.05, 4.69) is 32.7 Å². The molecule has 0 aliphatic heterocycles. The summed E-state index contributed by atoms with van der Waals surface area (Å²) < 4.78 is 2.01. The van der Waals surface area contributed by atoms with Crippen LogP contribution >= 0.6 is 0 Å². The van der Waals surface area contributed by atoms with E-state index in [1.54, 1.807) is 0 Å².